The Kier molecular flexibility index (Phi) is 4.49. The topological polar surface area (TPSA) is 72.9 Å². The van der Waals surface area contributed by atoms with Gasteiger partial charge >= 0.3 is 0 Å². The molecule has 0 aliphatic rings. The van der Waals surface area contributed by atoms with Crippen LogP contribution in [0.2, 0.25) is 0 Å². The molecule has 1 aromatic heterocycles. The SMILES string of the molecule is CC(C)NC(=O)C(CN)Cc1ccnn1C. The van der Waals surface area contributed by atoms with Crippen LogP contribution in [0.4, 0.5) is 0 Å². The van der Waals surface area contributed by atoms with Crippen LogP contribution in [0.5, 0.6) is 0 Å². The van der Waals surface area contributed by atoms with Gasteiger partial charge in [-0.05, 0) is 19.9 Å². The first-order valence-electron chi connectivity index (χ1n) is 5.52. The van der Waals surface area contributed by atoms with Crippen molar-refractivity contribution in [3.05, 3.63) is 18.0 Å². The van der Waals surface area contributed by atoms with E-state index in [-0.39, 0.29) is 17.9 Å². The Morgan fingerprint density at radius 2 is 2.31 bits per heavy atom. The molecule has 0 radical (unpaired) electrons. The molecular weight excluding hydrogens is 204 g/mol. The Hall–Kier alpha value is -1.36. The number of carbonyl (C=O) groups is 1. The molecule has 1 amide bonds. The quantitative estimate of drug-likeness (QED) is 0.743. The fraction of sp³-hybridized carbons (Fsp3) is 0.636. The molecule has 90 valence electrons. The van der Waals surface area contributed by atoms with Gasteiger partial charge < -0.3 is 11.1 Å². The molecule has 0 aliphatic heterocycles. The van der Waals surface area contributed by atoms with Crippen molar-refractivity contribution in [1.29, 1.82) is 0 Å². The van der Waals surface area contributed by atoms with Gasteiger partial charge in [0.2, 0.25) is 5.91 Å². The third-order valence-electron chi connectivity index (χ3n) is 2.46. The Balaban J connectivity index is 2.62. The summed E-state index contributed by atoms with van der Waals surface area (Å²) in [5.74, 6) is -0.170. The van der Waals surface area contributed by atoms with Gasteiger partial charge in [-0.25, -0.2) is 0 Å². The van der Waals surface area contributed by atoms with Crippen molar-refractivity contribution < 1.29 is 4.79 Å². The third kappa shape index (κ3) is 3.34. The highest BCUT2D eigenvalue weighted by Gasteiger charge is 2.19. The summed E-state index contributed by atoms with van der Waals surface area (Å²) in [4.78, 5) is 11.8. The second kappa shape index (κ2) is 5.65. The van der Waals surface area contributed by atoms with Gasteiger partial charge in [0.25, 0.3) is 0 Å². The van der Waals surface area contributed by atoms with Gasteiger partial charge in [-0.15, -0.1) is 0 Å². The molecule has 1 atom stereocenters. The number of aromatic nitrogens is 2. The van der Waals surface area contributed by atoms with Gasteiger partial charge in [0.15, 0.2) is 0 Å². The van der Waals surface area contributed by atoms with Gasteiger partial charge in [0, 0.05) is 37.9 Å². The Morgan fingerprint density at radius 1 is 1.62 bits per heavy atom. The van der Waals surface area contributed by atoms with Crippen molar-refractivity contribution in [2.45, 2.75) is 26.3 Å². The molecule has 0 saturated heterocycles. The van der Waals surface area contributed by atoms with E-state index in [4.69, 9.17) is 5.73 Å². The van der Waals surface area contributed by atoms with Crippen molar-refractivity contribution in [2.75, 3.05) is 6.54 Å². The molecule has 0 spiro atoms. The van der Waals surface area contributed by atoms with Crippen molar-refractivity contribution in [3.8, 4) is 0 Å². The lowest BCUT2D eigenvalue weighted by Gasteiger charge is -2.16. The molecule has 5 heteroatoms. The number of hydrogen-bond donors (Lipinski definition) is 2. The summed E-state index contributed by atoms with van der Waals surface area (Å²) < 4.78 is 1.77. The van der Waals surface area contributed by atoms with Crippen LogP contribution in [0.3, 0.4) is 0 Å². The predicted molar refractivity (Wildman–Crippen MR) is 62.7 cm³/mol. The molecular formula is C11H20N4O. The number of hydrogen-bond acceptors (Lipinski definition) is 3. The normalized spacial score (nSPS) is 12.8. The molecule has 0 saturated carbocycles. The van der Waals surface area contributed by atoms with E-state index in [1.807, 2.05) is 27.0 Å². The first kappa shape index (κ1) is 12.7. The van der Waals surface area contributed by atoms with E-state index in [9.17, 15) is 4.79 Å². The van der Waals surface area contributed by atoms with E-state index in [1.54, 1.807) is 10.9 Å². The minimum absolute atomic E-state index is 0.0127. The van der Waals surface area contributed by atoms with Gasteiger partial charge in [-0.3, -0.25) is 9.48 Å². The van der Waals surface area contributed by atoms with Crippen molar-refractivity contribution in [3.63, 3.8) is 0 Å². The molecule has 5 nitrogen and oxygen atoms in total. The van der Waals surface area contributed by atoms with Gasteiger partial charge in [0.1, 0.15) is 0 Å². The fourth-order valence-electron chi connectivity index (χ4n) is 1.54. The number of nitrogens with two attached hydrogens (primary N) is 1. The number of carbonyl (C=O) groups excluding carboxylic acids is 1. The summed E-state index contributed by atoms with van der Waals surface area (Å²) in [6, 6.07) is 2.05. The molecule has 3 N–H and O–H groups in total. The lowest BCUT2D eigenvalue weighted by atomic mass is 10.0. The van der Waals surface area contributed by atoms with E-state index in [0.29, 0.717) is 13.0 Å². The van der Waals surface area contributed by atoms with E-state index < -0.39 is 0 Å². The Bertz CT molecular complexity index is 346. The van der Waals surface area contributed by atoms with Crippen molar-refractivity contribution in [1.82, 2.24) is 15.1 Å². The lowest BCUT2D eigenvalue weighted by Crippen LogP contribution is -2.39. The fourth-order valence-corrected chi connectivity index (χ4v) is 1.54. The first-order valence-corrected chi connectivity index (χ1v) is 5.52. The van der Waals surface area contributed by atoms with Crippen LogP contribution in [0.1, 0.15) is 19.5 Å². The van der Waals surface area contributed by atoms with Crippen LogP contribution in [0.15, 0.2) is 12.3 Å². The van der Waals surface area contributed by atoms with E-state index in [1.165, 1.54) is 0 Å². The minimum Gasteiger partial charge on any atom is -0.354 e. The number of nitrogens with zero attached hydrogens (tertiary/aromatic N) is 2. The lowest BCUT2D eigenvalue weighted by molar-refractivity contribution is -0.125. The predicted octanol–water partition coefficient (Wildman–Crippen LogP) is 0.0621. The highest BCUT2D eigenvalue weighted by Crippen LogP contribution is 2.07. The number of amides is 1. The second-order valence-electron chi connectivity index (χ2n) is 4.25. The van der Waals surface area contributed by atoms with E-state index >= 15 is 0 Å². The van der Waals surface area contributed by atoms with Crippen LogP contribution >= 0.6 is 0 Å². The van der Waals surface area contributed by atoms with Crippen molar-refractivity contribution >= 4 is 5.91 Å². The van der Waals surface area contributed by atoms with Crippen LogP contribution in [0.25, 0.3) is 0 Å². The summed E-state index contributed by atoms with van der Waals surface area (Å²) in [6.45, 7) is 4.23. The molecule has 0 aromatic carbocycles. The van der Waals surface area contributed by atoms with Gasteiger partial charge in [-0.2, -0.15) is 5.10 Å². The molecule has 0 aliphatic carbocycles. The largest absolute Gasteiger partial charge is 0.354 e. The maximum absolute atomic E-state index is 11.8. The van der Waals surface area contributed by atoms with E-state index in [0.717, 1.165) is 5.69 Å². The Morgan fingerprint density at radius 3 is 2.75 bits per heavy atom. The Labute approximate surface area is 96.0 Å². The monoisotopic (exact) mass is 224 g/mol. The number of nitrogens with one attached hydrogen (secondary N) is 1. The average Bonchev–Trinajstić information content (AvgIpc) is 2.59. The summed E-state index contributed by atoms with van der Waals surface area (Å²) >= 11 is 0. The summed E-state index contributed by atoms with van der Waals surface area (Å²) in [5, 5.41) is 6.95. The van der Waals surface area contributed by atoms with Crippen LogP contribution < -0.4 is 11.1 Å². The number of rotatable bonds is 5. The minimum atomic E-state index is -0.183. The second-order valence-corrected chi connectivity index (χ2v) is 4.25. The molecule has 16 heavy (non-hydrogen) atoms. The van der Waals surface area contributed by atoms with Crippen LogP contribution in [-0.4, -0.2) is 28.3 Å². The zero-order valence-electron chi connectivity index (χ0n) is 10.1. The standard InChI is InChI=1S/C11H20N4O/c1-8(2)14-11(16)9(7-12)6-10-4-5-13-15(10)3/h4-5,8-9H,6-7,12H2,1-3H3,(H,14,16). The smallest absolute Gasteiger partial charge is 0.224 e. The van der Waals surface area contributed by atoms with Crippen molar-refractivity contribution in [2.24, 2.45) is 18.7 Å². The van der Waals surface area contributed by atoms with Gasteiger partial charge in [0.05, 0.1) is 5.92 Å². The molecule has 1 rings (SSSR count). The third-order valence-corrected chi connectivity index (χ3v) is 2.46. The van der Waals surface area contributed by atoms with E-state index in [2.05, 4.69) is 10.4 Å². The molecule has 0 fully saturated rings. The summed E-state index contributed by atoms with van der Waals surface area (Å²) in [5.41, 5.74) is 6.65. The molecule has 0 bridgehead atoms. The highest BCUT2D eigenvalue weighted by molar-refractivity contribution is 5.79. The van der Waals surface area contributed by atoms with Crippen LogP contribution in [0, 0.1) is 5.92 Å². The maximum atomic E-state index is 11.8. The zero-order chi connectivity index (χ0) is 12.1. The van der Waals surface area contributed by atoms with Crippen LogP contribution in [-0.2, 0) is 18.3 Å². The summed E-state index contributed by atoms with van der Waals surface area (Å²) in [6.07, 6.45) is 2.36. The molecule has 1 heterocycles. The maximum Gasteiger partial charge on any atom is 0.224 e. The molecule has 1 aromatic rings. The summed E-state index contributed by atoms with van der Waals surface area (Å²) in [7, 11) is 1.86. The average molecular weight is 224 g/mol. The number of aryl methyl sites for hydroxylation is 1. The molecule has 1 unspecified atom stereocenters. The zero-order valence-corrected chi connectivity index (χ0v) is 10.1. The highest BCUT2D eigenvalue weighted by atomic mass is 16.1. The van der Waals surface area contributed by atoms with Gasteiger partial charge in [-0.1, -0.05) is 0 Å². The first-order chi connectivity index (χ1) is 7.54.